The molecule has 0 spiro atoms. The van der Waals surface area contributed by atoms with Crippen LogP contribution < -0.4 is 0 Å². The molecule has 108 valence electrons. The number of likely N-dealkylation sites (tertiary alicyclic amines) is 1. The average molecular weight is 273 g/mol. The van der Waals surface area contributed by atoms with Crippen molar-refractivity contribution in [2.45, 2.75) is 51.2 Å². The van der Waals surface area contributed by atoms with Gasteiger partial charge in [0.1, 0.15) is 5.60 Å². The minimum absolute atomic E-state index is 0.148. The van der Waals surface area contributed by atoms with Gasteiger partial charge >= 0.3 is 6.09 Å². The number of fused-ring (bicyclic) bond motifs is 2. The fourth-order valence-electron chi connectivity index (χ4n) is 3.61. The van der Waals surface area contributed by atoms with Gasteiger partial charge in [0.2, 0.25) is 0 Å². The van der Waals surface area contributed by atoms with Crippen LogP contribution >= 0.6 is 0 Å². The largest absolute Gasteiger partial charge is 0.444 e. The first-order valence-corrected chi connectivity index (χ1v) is 7.48. The van der Waals surface area contributed by atoms with E-state index in [1.807, 2.05) is 31.7 Å². The molecule has 3 rings (SSSR count). The molecule has 0 unspecified atom stereocenters. The summed E-state index contributed by atoms with van der Waals surface area (Å²) in [5.41, 5.74) is 0.939. The molecule has 1 aromatic carbocycles. The van der Waals surface area contributed by atoms with Crippen LogP contribution in [0.1, 0.15) is 45.1 Å². The van der Waals surface area contributed by atoms with E-state index in [4.69, 9.17) is 4.74 Å². The summed E-state index contributed by atoms with van der Waals surface area (Å²) >= 11 is 0. The van der Waals surface area contributed by atoms with Crippen LogP contribution in [0, 0.1) is 5.92 Å². The maximum atomic E-state index is 12.3. The highest BCUT2D eigenvalue weighted by Gasteiger charge is 2.48. The Hall–Kier alpha value is -1.51. The van der Waals surface area contributed by atoms with Gasteiger partial charge < -0.3 is 9.64 Å². The summed E-state index contributed by atoms with van der Waals surface area (Å²) in [6, 6.07) is 10.9. The number of carbonyl (C=O) groups excluding carboxylic acids is 1. The van der Waals surface area contributed by atoms with Crippen LogP contribution in [0.15, 0.2) is 30.3 Å². The Bertz CT molecular complexity index is 491. The lowest BCUT2D eigenvalue weighted by molar-refractivity contribution is 0.0170. The first kappa shape index (κ1) is 13.5. The summed E-state index contributed by atoms with van der Waals surface area (Å²) in [4.78, 5) is 14.3. The van der Waals surface area contributed by atoms with Gasteiger partial charge in [-0.1, -0.05) is 30.3 Å². The summed E-state index contributed by atoms with van der Waals surface area (Å²) < 4.78 is 5.55. The predicted octanol–water partition coefficient (Wildman–Crippen LogP) is 3.80. The van der Waals surface area contributed by atoms with E-state index in [0.29, 0.717) is 17.9 Å². The van der Waals surface area contributed by atoms with Crippen molar-refractivity contribution in [1.82, 2.24) is 4.90 Å². The van der Waals surface area contributed by atoms with Gasteiger partial charge in [0.15, 0.2) is 0 Å². The molecule has 0 radical (unpaired) electrons. The molecule has 0 aromatic heterocycles. The number of rotatable bonds is 1. The second kappa shape index (κ2) is 4.80. The molecule has 2 aliphatic rings. The number of piperidine rings is 1. The molecule has 3 nitrogen and oxygen atoms in total. The van der Waals surface area contributed by atoms with Crippen molar-refractivity contribution >= 4 is 6.09 Å². The quantitative estimate of drug-likeness (QED) is 0.779. The predicted molar refractivity (Wildman–Crippen MR) is 78.6 cm³/mol. The SMILES string of the molecule is CC(C)(C)OC(=O)N1C[C@H]2C[C@H](c3ccccc3)[C@@H]1C2. The molecule has 20 heavy (non-hydrogen) atoms. The van der Waals surface area contributed by atoms with Gasteiger partial charge in [0.05, 0.1) is 0 Å². The van der Waals surface area contributed by atoms with E-state index in [-0.39, 0.29) is 6.09 Å². The molecule has 2 fully saturated rings. The minimum Gasteiger partial charge on any atom is -0.444 e. The molecular weight excluding hydrogens is 250 g/mol. The molecule has 1 aliphatic heterocycles. The number of amides is 1. The van der Waals surface area contributed by atoms with E-state index in [1.165, 1.54) is 12.0 Å². The zero-order valence-corrected chi connectivity index (χ0v) is 12.5. The number of ether oxygens (including phenoxy) is 1. The molecule has 1 aliphatic carbocycles. The van der Waals surface area contributed by atoms with Crippen LogP contribution in [0.2, 0.25) is 0 Å². The van der Waals surface area contributed by atoms with Crippen LogP contribution in [0.5, 0.6) is 0 Å². The van der Waals surface area contributed by atoms with E-state index < -0.39 is 5.60 Å². The third-order valence-electron chi connectivity index (χ3n) is 4.34. The summed E-state index contributed by atoms with van der Waals surface area (Å²) in [5.74, 6) is 1.11. The maximum Gasteiger partial charge on any atom is 0.410 e. The maximum absolute atomic E-state index is 12.3. The fourth-order valence-corrected chi connectivity index (χ4v) is 3.61. The zero-order valence-electron chi connectivity index (χ0n) is 12.5. The number of hydrogen-bond acceptors (Lipinski definition) is 2. The fraction of sp³-hybridized carbons (Fsp3) is 0.588. The van der Waals surface area contributed by atoms with Crippen molar-refractivity contribution in [3.8, 4) is 0 Å². The lowest BCUT2D eigenvalue weighted by atomic mass is 9.91. The molecule has 2 bridgehead atoms. The van der Waals surface area contributed by atoms with Crippen molar-refractivity contribution in [1.29, 1.82) is 0 Å². The minimum atomic E-state index is -0.416. The zero-order chi connectivity index (χ0) is 14.3. The van der Waals surface area contributed by atoms with Crippen LogP contribution in [0.25, 0.3) is 0 Å². The summed E-state index contributed by atoms with van der Waals surface area (Å²) in [7, 11) is 0. The van der Waals surface area contributed by atoms with Crippen molar-refractivity contribution in [3.63, 3.8) is 0 Å². The van der Waals surface area contributed by atoms with E-state index in [1.54, 1.807) is 0 Å². The highest BCUT2D eigenvalue weighted by molar-refractivity contribution is 5.69. The van der Waals surface area contributed by atoms with Crippen molar-refractivity contribution in [2.24, 2.45) is 5.92 Å². The number of benzene rings is 1. The number of nitrogens with zero attached hydrogens (tertiary/aromatic N) is 1. The third kappa shape index (κ3) is 2.54. The molecule has 3 heteroatoms. The standard InChI is InChI=1S/C17H23NO2/c1-17(2,3)20-16(19)18-11-12-9-14(15(18)10-12)13-7-5-4-6-8-13/h4-8,12,14-15H,9-11H2,1-3H3/t12-,14+,15-/m0/s1. The van der Waals surface area contributed by atoms with Gasteiger partial charge in [0, 0.05) is 18.5 Å². The van der Waals surface area contributed by atoms with E-state index in [0.717, 1.165) is 13.0 Å². The average Bonchev–Trinajstić information content (AvgIpc) is 2.97. The lowest BCUT2D eigenvalue weighted by Crippen LogP contribution is -2.44. The lowest BCUT2D eigenvalue weighted by Gasteiger charge is -2.34. The molecule has 1 aromatic rings. The Kier molecular flexibility index (Phi) is 3.23. The first-order valence-electron chi connectivity index (χ1n) is 7.48. The topological polar surface area (TPSA) is 29.5 Å². The van der Waals surface area contributed by atoms with Gasteiger partial charge in [-0.25, -0.2) is 4.79 Å². The third-order valence-corrected chi connectivity index (χ3v) is 4.34. The molecule has 3 atom stereocenters. The van der Waals surface area contributed by atoms with Crippen LogP contribution in [0.4, 0.5) is 4.79 Å². The smallest absolute Gasteiger partial charge is 0.410 e. The van der Waals surface area contributed by atoms with Gasteiger partial charge in [-0.15, -0.1) is 0 Å². The second-order valence-electron chi connectivity index (χ2n) is 7.05. The second-order valence-corrected chi connectivity index (χ2v) is 7.05. The Morgan fingerprint density at radius 2 is 1.90 bits per heavy atom. The molecule has 1 saturated carbocycles. The van der Waals surface area contributed by atoms with Crippen LogP contribution in [-0.2, 0) is 4.74 Å². The molecular formula is C17H23NO2. The highest BCUT2D eigenvalue weighted by Crippen LogP contribution is 2.47. The Labute approximate surface area is 120 Å². The number of hydrogen-bond donors (Lipinski definition) is 0. The first-order chi connectivity index (χ1) is 9.44. The normalized spacial score (nSPS) is 28.8. The van der Waals surface area contributed by atoms with Gasteiger partial charge in [-0.2, -0.15) is 0 Å². The molecule has 0 N–H and O–H groups in total. The van der Waals surface area contributed by atoms with E-state index in [2.05, 4.69) is 24.3 Å². The highest BCUT2D eigenvalue weighted by atomic mass is 16.6. The van der Waals surface area contributed by atoms with Crippen LogP contribution in [-0.4, -0.2) is 29.2 Å². The van der Waals surface area contributed by atoms with Crippen molar-refractivity contribution in [2.75, 3.05) is 6.54 Å². The van der Waals surface area contributed by atoms with Crippen molar-refractivity contribution < 1.29 is 9.53 Å². The Morgan fingerprint density at radius 1 is 1.20 bits per heavy atom. The van der Waals surface area contributed by atoms with Gasteiger partial charge in [-0.3, -0.25) is 0 Å². The molecule has 1 amide bonds. The summed E-state index contributed by atoms with van der Waals surface area (Å²) in [5, 5.41) is 0. The Morgan fingerprint density at radius 3 is 2.50 bits per heavy atom. The number of carbonyl (C=O) groups is 1. The van der Waals surface area contributed by atoms with E-state index >= 15 is 0 Å². The molecule has 1 heterocycles. The van der Waals surface area contributed by atoms with Crippen LogP contribution in [0.3, 0.4) is 0 Å². The Balaban J connectivity index is 1.75. The summed E-state index contributed by atoms with van der Waals surface area (Å²) in [6.45, 7) is 6.64. The summed E-state index contributed by atoms with van der Waals surface area (Å²) in [6.07, 6.45) is 2.18. The monoisotopic (exact) mass is 273 g/mol. The van der Waals surface area contributed by atoms with Crippen molar-refractivity contribution in [3.05, 3.63) is 35.9 Å². The van der Waals surface area contributed by atoms with Gasteiger partial charge in [-0.05, 0) is 45.1 Å². The van der Waals surface area contributed by atoms with Gasteiger partial charge in [0.25, 0.3) is 0 Å². The van der Waals surface area contributed by atoms with E-state index in [9.17, 15) is 4.79 Å². The molecule has 1 saturated heterocycles.